The second-order valence-electron chi connectivity index (χ2n) is 4.37. The largest absolute Gasteiger partial charge is 0.375 e. The lowest BCUT2D eigenvalue weighted by Gasteiger charge is -2.03. The van der Waals surface area contributed by atoms with Crippen LogP contribution in [0.2, 0.25) is 5.02 Å². The monoisotopic (exact) mass is 337 g/mol. The number of benzene rings is 1. The van der Waals surface area contributed by atoms with Crippen molar-refractivity contribution in [3.8, 4) is 11.3 Å². The van der Waals surface area contributed by atoms with E-state index < -0.39 is 0 Å². The normalized spacial score (nSPS) is 13.6. The number of fused-ring (bicyclic) bond motifs is 1. The van der Waals surface area contributed by atoms with Crippen molar-refractivity contribution in [2.75, 3.05) is 5.75 Å². The number of hydrogen-bond acceptors (Lipinski definition) is 4. The molecule has 0 fully saturated rings. The van der Waals surface area contributed by atoms with E-state index in [2.05, 4.69) is 20.1 Å². The minimum Gasteiger partial charge on any atom is -0.375 e. The van der Waals surface area contributed by atoms with Crippen molar-refractivity contribution in [3.63, 3.8) is 0 Å². The standard InChI is InChI=1S/C13H12ClN5S2/c14-9-3-1-8(2-4-9)11-10(7-16-18-12(15)20)19-5-6-21-13(19)17-11/h1-4,7H,5-6H2,(H3,15,18,20)/b16-7+. The number of nitrogens with two attached hydrogens (primary N) is 1. The molecule has 0 atom stereocenters. The number of hydrazone groups is 1. The number of imidazole rings is 1. The molecule has 1 aromatic carbocycles. The van der Waals surface area contributed by atoms with Crippen LogP contribution in [-0.4, -0.2) is 26.6 Å². The van der Waals surface area contributed by atoms with E-state index in [0.717, 1.165) is 34.4 Å². The molecular formula is C13H12ClN5S2. The molecule has 8 heteroatoms. The highest BCUT2D eigenvalue weighted by Crippen LogP contribution is 2.32. The highest BCUT2D eigenvalue weighted by molar-refractivity contribution is 7.99. The first-order chi connectivity index (χ1) is 10.1. The Morgan fingerprint density at radius 1 is 1.48 bits per heavy atom. The van der Waals surface area contributed by atoms with Crippen molar-refractivity contribution in [3.05, 3.63) is 35.0 Å². The Morgan fingerprint density at radius 2 is 2.24 bits per heavy atom. The van der Waals surface area contributed by atoms with Gasteiger partial charge >= 0.3 is 0 Å². The maximum Gasteiger partial charge on any atom is 0.184 e. The zero-order chi connectivity index (χ0) is 14.8. The maximum atomic E-state index is 5.94. The van der Waals surface area contributed by atoms with Crippen LogP contribution < -0.4 is 11.2 Å². The van der Waals surface area contributed by atoms with Crippen LogP contribution in [0.5, 0.6) is 0 Å². The van der Waals surface area contributed by atoms with Gasteiger partial charge in [0.2, 0.25) is 0 Å². The summed E-state index contributed by atoms with van der Waals surface area (Å²) in [6, 6.07) is 7.60. The van der Waals surface area contributed by atoms with Gasteiger partial charge in [0.1, 0.15) is 0 Å². The van der Waals surface area contributed by atoms with Gasteiger partial charge in [0, 0.05) is 22.9 Å². The molecule has 1 aromatic heterocycles. The number of thiocarbonyl (C=S) groups is 1. The molecule has 0 unspecified atom stereocenters. The first kappa shape index (κ1) is 14.4. The Kier molecular flexibility index (Phi) is 4.14. The molecule has 0 aliphatic carbocycles. The third kappa shape index (κ3) is 3.04. The minimum atomic E-state index is 0.134. The molecule has 3 N–H and O–H groups in total. The molecule has 2 aromatic rings. The summed E-state index contributed by atoms with van der Waals surface area (Å²) in [5.74, 6) is 1.02. The summed E-state index contributed by atoms with van der Waals surface area (Å²) in [7, 11) is 0. The van der Waals surface area contributed by atoms with Gasteiger partial charge in [0.15, 0.2) is 10.3 Å². The third-order valence-electron chi connectivity index (χ3n) is 3.00. The summed E-state index contributed by atoms with van der Waals surface area (Å²) in [5, 5.41) is 5.89. The predicted octanol–water partition coefficient (Wildman–Crippen LogP) is 2.48. The van der Waals surface area contributed by atoms with Crippen LogP contribution in [0.25, 0.3) is 11.3 Å². The molecule has 21 heavy (non-hydrogen) atoms. The summed E-state index contributed by atoms with van der Waals surface area (Å²) in [4.78, 5) is 4.69. The quantitative estimate of drug-likeness (QED) is 0.511. The molecule has 0 spiro atoms. The first-order valence-electron chi connectivity index (χ1n) is 6.23. The van der Waals surface area contributed by atoms with Crippen LogP contribution in [0.4, 0.5) is 0 Å². The molecule has 1 aliphatic heterocycles. The van der Waals surface area contributed by atoms with Crippen LogP contribution in [0.1, 0.15) is 5.69 Å². The number of nitrogens with one attached hydrogen (secondary N) is 1. The second kappa shape index (κ2) is 6.05. The molecule has 0 radical (unpaired) electrons. The van der Waals surface area contributed by atoms with Crippen LogP contribution >= 0.6 is 35.6 Å². The molecule has 0 bridgehead atoms. The van der Waals surface area contributed by atoms with Gasteiger partial charge < -0.3 is 10.3 Å². The number of nitrogens with zero attached hydrogens (tertiary/aromatic N) is 3. The summed E-state index contributed by atoms with van der Waals surface area (Å²) >= 11 is 12.4. The number of thioether (sulfide) groups is 1. The summed E-state index contributed by atoms with van der Waals surface area (Å²) in [6.45, 7) is 0.912. The van der Waals surface area contributed by atoms with E-state index in [1.54, 1.807) is 18.0 Å². The SMILES string of the molecule is NC(=S)N/N=C/c1c(-c2ccc(Cl)cc2)nc2n1CCS2. The Labute approximate surface area is 136 Å². The highest BCUT2D eigenvalue weighted by Gasteiger charge is 2.21. The summed E-state index contributed by atoms with van der Waals surface area (Å²) < 4.78 is 2.14. The Hall–Kier alpha value is -1.57. The zero-order valence-corrected chi connectivity index (χ0v) is 13.3. The van der Waals surface area contributed by atoms with Gasteiger partial charge in [-0.25, -0.2) is 4.98 Å². The average Bonchev–Trinajstić information content (AvgIpc) is 3.01. The lowest BCUT2D eigenvalue weighted by molar-refractivity contribution is 0.715. The third-order valence-corrected chi connectivity index (χ3v) is 4.30. The molecule has 3 rings (SSSR count). The fourth-order valence-corrected chi connectivity index (χ4v) is 3.24. The second-order valence-corrected chi connectivity index (χ2v) is 6.31. The van der Waals surface area contributed by atoms with E-state index in [0.29, 0.717) is 5.02 Å². The molecule has 5 nitrogen and oxygen atoms in total. The molecule has 0 saturated heterocycles. The van der Waals surface area contributed by atoms with Crippen LogP contribution in [0, 0.1) is 0 Å². The Balaban J connectivity index is 2.02. The fourth-order valence-electron chi connectivity index (χ4n) is 2.11. The lowest BCUT2D eigenvalue weighted by Crippen LogP contribution is -2.24. The van der Waals surface area contributed by atoms with Crippen molar-refractivity contribution < 1.29 is 0 Å². The molecular weight excluding hydrogens is 326 g/mol. The van der Waals surface area contributed by atoms with Crippen molar-refractivity contribution in [1.29, 1.82) is 0 Å². The van der Waals surface area contributed by atoms with Gasteiger partial charge in [-0.1, -0.05) is 35.5 Å². The van der Waals surface area contributed by atoms with E-state index in [-0.39, 0.29) is 5.11 Å². The summed E-state index contributed by atoms with van der Waals surface area (Å²) in [5.41, 5.74) is 10.8. The van der Waals surface area contributed by atoms with E-state index in [4.69, 9.17) is 29.6 Å². The van der Waals surface area contributed by atoms with E-state index in [1.807, 2.05) is 24.3 Å². The van der Waals surface area contributed by atoms with Crippen molar-refractivity contribution in [1.82, 2.24) is 15.0 Å². The predicted molar refractivity (Wildman–Crippen MR) is 90.9 cm³/mol. The van der Waals surface area contributed by atoms with Gasteiger partial charge in [-0.2, -0.15) is 5.10 Å². The molecule has 108 valence electrons. The zero-order valence-electron chi connectivity index (χ0n) is 10.9. The number of aromatic nitrogens is 2. The smallest absolute Gasteiger partial charge is 0.184 e. The highest BCUT2D eigenvalue weighted by atomic mass is 35.5. The topological polar surface area (TPSA) is 68.2 Å². The van der Waals surface area contributed by atoms with E-state index in [9.17, 15) is 0 Å². The first-order valence-corrected chi connectivity index (χ1v) is 8.00. The Bertz CT molecular complexity index is 708. The van der Waals surface area contributed by atoms with Crippen molar-refractivity contribution >= 4 is 46.9 Å². The maximum absolute atomic E-state index is 5.94. The number of hydrogen-bond donors (Lipinski definition) is 2. The molecule has 0 saturated carbocycles. The number of rotatable bonds is 3. The van der Waals surface area contributed by atoms with E-state index >= 15 is 0 Å². The van der Waals surface area contributed by atoms with Crippen LogP contribution in [0.3, 0.4) is 0 Å². The van der Waals surface area contributed by atoms with Crippen LogP contribution in [-0.2, 0) is 6.54 Å². The van der Waals surface area contributed by atoms with Gasteiger partial charge in [0.25, 0.3) is 0 Å². The number of halogens is 1. The van der Waals surface area contributed by atoms with Crippen molar-refractivity contribution in [2.24, 2.45) is 10.8 Å². The lowest BCUT2D eigenvalue weighted by atomic mass is 10.1. The van der Waals surface area contributed by atoms with Crippen LogP contribution in [0.15, 0.2) is 34.5 Å². The van der Waals surface area contributed by atoms with E-state index in [1.165, 1.54) is 0 Å². The van der Waals surface area contributed by atoms with Gasteiger partial charge in [-0.05, 0) is 24.4 Å². The van der Waals surface area contributed by atoms with Gasteiger partial charge in [-0.15, -0.1) is 0 Å². The summed E-state index contributed by atoms with van der Waals surface area (Å²) in [6.07, 6.45) is 1.70. The van der Waals surface area contributed by atoms with Crippen molar-refractivity contribution in [2.45, 2.75) is 11.7 Å². The van der Waals surface area contributed by atoms with Gasteiger partial charge in [0.05, 0.1) is 17.6 Å². The molecule has 1 aliphatic rings. The minimum absolute atomic E-state index is 0.134. The van der Waals surface area contributed by atoms with Gasteiger partial charge in [-0.3, -0.25) is 5.43 Å². The molecule has 0 amide bonds. The molecule has 2 heterocycles. The fraction of sp³-hybridized carbons (Fsp3) is 0.154. The Morgan fingerprint density at radius 3 is 2.95 bits per heavy atom. The average molecular weight is 338 g/mol.